The maximum Gasteiger partial charge on any atom is 1.00 e. The van der Waals surface area contributed by atoms with Crippen LogP contribution in [0.1, 0.15) is 5.56 Å². The van der Waals surface area contributed by atoms with E-state index in [9.17, 15) is 17.3 Å². The van der Waals surface area contributed by atoms with Crippen molar-refractivity contribution in [1.82, 2.24) is 0 Å². The fourth-order valence-corrected chi connectivity index (χ4v) is 0.866. The third-order valence-corrected chi connectivity index (χ3v) is 1.43. The Bertz CT molecular complexity index is 371. The molecule has 0 amide bonds. The van der Waals surface area contributed by atoms with Crippen LogP contribution in [0.4, 0.5) is 17.3 Å². The number of benzene rings is 1. The first-order chi connectivity index (χ1) is 5.93. The SMILES string of the molecule is N#Cc1cc(F)cc([B-](F)(F)F)c1.[K+]. The van der Waals surface area contributed by atoms with Crippen LogP contribution in [0.5, 0.6) is 0 Å². The molecule has 0 bridgehead atoms. The van der Waals surface area contributed by atoms with Crippen LogP contribution in [0.3, 0.4) is 0 Å². The van der Waals surface area contributed by atoms with Crippen LogP contribution in [0.2, 0.25) is 0 Å². The first kappa shape index (κ1) is 14.1. The Hall–Kier alpha value is 0.131. The molecule has 0 aliphatic carbocycles. The zero-order valence-electron chi connectivity index (χ0n) is 7.27. The smallest absolute Gasteiger partial charge is 0.445 e. The van der Waals surface area contributed by atoms with E-state index in [0.29, 0.717) is 12.1 Å². The second-order valence-electron chi connectivity index (χ2n) is 2.46. The summed E-state index contributed by atoms with van der Waals surface area (Å²) >= 11 is 0. The summed E-state index contributed by atoms with van der Waals surface area (Å²) in [6.45, 7) is -5.24. The Morgan fingerprint density at radius 3 is 2.14 bits per heavy atom. The summed E-state index contributed by atoms with van der Waals surface area (Å²) < 4.78 is 48.7. The minimum Gasteiger partial charge on any atom is -0.445 e. The van der Waals surface area contributed by atoms with Crippen molar-refractivity contribution in [2.75, 3.05) is 0 Å². The molecule has 14 heavy (non-hydrogen) atoms. The van der Waals surface area contributed by atoms with Gasteiger partial charge in [0.2, 0.25) is 0 Å². The molecule has 0 spiro atoms. The number of hydrogen-bond donors (Lipinski definition) is 0. The summed E-state index contributed by atoms with van der Waals surface area (Å²) in [6, 6.07) is 3.21. The number of hydrogen-bond acceptors (Lipinski definition) is 1. The van der Waals surface area contributed by atoms with Gasteiger partial charge in [0.25, 0.3) is 0 Å². The van der Waals surface area contributed by atoms with E-state index < -0.39 is 18.3 Å². The molecular formula is C7H3BF4KN. The molecule has 7 heteroatoms. The zero-order valence-corrected chi connectivity index (χ0v) is 10.4. The van der Waals surface area contributed by atoms with E-state index in [4.69, 9.17) is 5.26 Å². The Kier molecular flexibility index (Phi) is 5.33. The van der Waals surface area contributed by atoms with Gasteiger partial charge in [-0.15, -0.1) is 5.46 Å². The minimum absolute atomic E-state index is 0. The largest absolute Gasteiger partial charge is 1.00 e. The fraction of sp³-hybridized carbons (Fsp3) is 0. The van der Waals surface area contributed by atoms with Crippen molar-refractivity contribution >= 4 is 12.4 Å². The average Bonchev–Trinajstić information content (AvgIpc) is 2.01. The average molecular weight is 227 g/mol. The second-order valence-corrected chi connectivity index (χ2v) is 2.46. The summed E-state index contributed by atoms with van der Waals surface area (Å²) in [5.74, 6) is -1.05. The van der Waals surface area contributed by atoms with Gasteiger partial charge in [-0.2, -0.15) is 5.26 Å². The predicted molar refractivity (Wildman–Crippen MR) is 39.8 cm³/mol. The molecule has 0 aliphatic rings. The molecule has 0 radical (unpaired) electrons. The summed E-state index contributed by atoms with van der Waals surface area (Å²) in [5, 5.41) is 8.28. The van der Waals surface area contributed by atoms with Gasteiger partial charge < -0.3 is 12.9 Å². The number of halogens is 4. The van der Waals surface area contributed by atoms with E-state index in [2.05, 4.69) is 0 Å². The van der Waals surface area contributed by atoms with Gasteiger partial charge in [-0.25, -0.2) is 4.39 Å². The number of nitrogens with zero attached hydrogens (tertiary/aromatic N) is 1. The van der Waals surface area contributed by atoms with Crippen LogP contribution >= 0.6 is 0 Å². The van der Waals surface area contributed by atoms with E-state index in [1.54, 1.807) is 0 Å². The molecule has 0 N–H and O–H groups in total. The monoisotopic (exact) mass is 227 g/mol. The Labute approximate surface area is 121 Å². The van der Waals surface area contributed by atoms with Gasteiger partial charge in [-0.3, -0.25) is 0 Å². The van der Waals surface area contributed by atoms with Crippen molar-refractivity contribution in [3.63, 3.8) is 0 Å². The van der Waals surface area contributed by atoms with Crippen LogP contribution in [-0.4, -0.2) is 6.98 Å². The van der Waals surface area contributed by atoms with Gasteiger partial charge >= 0.3 is 58.4 Å². The molecule has 1 rings (SSSR count). The summed E-state index contributed by atoms with van der Waals surface area (Å²) in [5.41, 5.74) is -1.41. The normalized spacial score (nSPS) is 10.2. The Balaban J connectivity index is 0.00000169. The van der Waals surface area contributed by atoms with Crippen molar-refractivity contribution in [3.8, 4) is 6.07 Å². The van der Waals surface area contributed by atoms with Gasteiger partial charge in [0.05, 0.1) is 11.6 Å². The van der Waals surface area contributed by atoms with Crippen molar-refractivity contribution in [3.05, 3.63) is 29.6 Å². The van der Waals surface area contributed by atoms with Crippen molar-refractivity contribution in [2.24, 2.45) is 0 Å². The molecule has 0 atom stereocenters. The molecule has 0 fully saturated rings. The third kappa shape index (κ3) is 3.71. The summed E-state index contributed by atoms with van der Waals surface area (Å²) in [7, 11) is 0. The van der Waals surface area contributed by atoms with Gasteiger partial charge in [0, 0.05) is 0 Å². The van der Waals surface area contributed by atoms with Crippen LogP contribution in [0.15, 0.2) is 18.2 Å². The fourth-order valence-electron chi connectivity index (χ4n) is 0.866. The van der Waals surface area contributed by atoms with E-state index in [1.807, 2.05) is 0 Å². The Morgan fingerprint density at radius 2 is 1.71 bits per heavy atom. The zero-order chi connectivity index (χ0) is 10.1. The first-order valence-corrected chi connectivity index (χ1v) is 3.34. The van der Waals surface area contributed by atoms with Gasteiger partial charge in [0.15, 0.2) is 0 Å². The molecule has 0 unspecified atom stereocenters. The molecule has 1 aromatic carbocycles. The van der Waals surface area contributed by atoms with Crippen LogP contribution < -0.4 is 56.8 Å². The molecule has 1 aromatic rings. The van der Waals surface area contributed by atoms with E-state index in [1.165, 1.54) is 6.07 Å². The van der Waals surface area contributed by atoms with Crippen molar-refractivity contribution < 1.29 is 68.7 Å². The first-order valence-electron chi connectivity index (χ1n) is 3.34. The van der Waals surface area contributed by atoms with Crippen molar-refractivity contribution in [2.45, 2.75) is 0 Å². The molecule has 1 nitrogen and oxygen atoms in total. The van der Waals surface area contributed by atoms with E-state index in [-0.39, 0.29) is 56.9 Å². The third-order valence-electron chi connectivity index (χ3n) is 1.43. The second kappa shape index (κ2) is 5.28. The number of nitriles is 1. The van der Waals surface area contributed by atoms with Gasteiger partial charge in [-0.05, 0) is 6.07 Å². The minimum atomic E-state index is -5.24. The van der Waals surface area contributed by atoms with Gasteiger partial charge in [0.1, 0.15) is 5.82 Å². The topological polar surface area (TPSA) is 23.8 Å². The summed E-state index contributed by atoms with van der Waals surface area (Å²) in [6.07, 6.45) is 0. The summed E-state index contributed by atoms with van der Waals surface area (Å²) in [4.78, 5) is 0. The maximum absolute atomic E-state index is 12.5. The molecule has 0 saturated carbocycles. The van der Waals surface area contributed by atoms with Crippen LogP contribution in [0, 0.1) is 17.1 Å². The molecule has 0 saturated heterocycles. The Morgan fingerprint density at radius 1 is 1.14 bits per heavy atom. The van der Waals surface area contributed by atoms with Crippen molar-refractivity contribution in [1.29, 1.82) is 5.26 Å². The van der Waals surface area contributed by atoms with Gasteiger partial charge in [-0.1, -0.05) is 12.1 Å². The van der Waals surface area contributed by atoms with Crippen LogP contribution in [0.25, 0.3) is 0 Å². The van der Waals surface area contributed by atoms with E-state index in [0.717, 1.165) is 6.07 Å². The quantitative estimate of drug-likeness (QED) is 0.434. The molecular weight excluding hydrogens is 224 g/mol. The molecule has 68 valence electrons. The number of rotatable bonds is 1. The molecule has 0 heterocycles. The van der Waals surface area contributed by atoms with E-state index >= 15 is 0 Å². The standard InChI is InChI=1S/C7H3BF4N.K/c9-7-2-5(4-13)1-6(3-7)8(10,11)12;/h1-3H;/q-1;+1. The molecule has 0 aromatic heterocycles. The molecule has 0 aliphatic heterocycles. The predicted octanol–water partition coefficient (Wildman–Crippen LogP) is -1.24. The maximum atomic E-state index is 12.5. The van der Waals surface area contributed by atoms with Crippen LogP contribution in [-0.2, 0) is 0 Å².